The highest BCUT2D eigenvalue weighted by atomic mass is 28.3. The molecule has 1 saturated carbocycles. The van der Waals surface area contributed by atoms with Crippen LogP contribution in [-0.2, 0) is 11.5 Å². The Morgan fingerprint density at radius 3 is 2.75 bits per heavy atom. The van der Waals surface area contributed by atoms with Crippen LogP contribution in [0.25, 0.3) is 22.3 Å². The second-order valence-corrected chi connectivity index (χ2v) is 15.8. The second-order valence-electron chi connectivity index (χ2n) is 10.2. The van der Waals surface area contributed by atoms with Gasteiger partial charge < -0.3 is 14.6 Å². The van der Waals surface area contributed by atoms with E-state index in [1.165, 1.54) is 12.1 Å². The van der Waals surface area contributed by atoms with Gasteiger partial charge in [-0.15, -0.1) is 0 Å². The number of aromatic nitrogens is 5. The highest BCUT2D eigenvalue weighted by molar-refractivity contribution is 6.76. The van der Waals surface area contributed by atoms with Crippen LogP contribution in [0.2, 0.25) is 25.7 Å². The van der Waals surface area contributed by atoms with Gasteiger partial charge >= 0.3 is 0 Å². The molecule has 2 fully saturated rings. The third kappa shape index (κ3) is 4.66. The van der Waals surface area contributed by atoms with Crippen molar-refractivity contribution >= 4 is 19.1 Å². The van der Waals surface area contributed by atoms with E-state index in [1.807, 2.05) is 12.4 Å². The number of nitrogens with one attached hydrogen (secondary N) is 1. The lowest BCUT2D eigenvalue weighted by atomic mass is 9.85. The minimum Gasteiger partial charge on any atom is -0.361 e. The van der Waals surface area contributed by atoms with Gasteiger partial charge in [0.15, 0.2) is 0 Å². The van der Waals surface area contributed by atoms with Gasteiger partial charge in [-0.1, -0.05) is 19.6 Å². The molecule has 1 N–H and O–H groups in total. The van der Waals surface area contributed by atoms with Gasteiger partial charge in [0.1, 0.15) is 18.7 Å². The van der Waals surface area contributed by atoms with Gasteiger partial charge in [-0.05, 0) is 25.0 Å². The fraction of sp³-hybridized carbons (Fsp3) is 0.565. The topological polar surface area (TPSA) is 73.0 Å². The van der Waals surface area contributed by atoms with Gasteiger partial charge in [-0.2, -0.15) is 5.10 Å². The van der Waals surface area contributed by atoms with Crippen LogP contribution in [0.15, 0.2) is 31.0 Å². The molecule has 9 heteroatoms. The molecule has 2 aliphatic rings. The van der Waals surface area contributed by atoms with Crippen molar-refractivity contribution in [2.75, 3.05) is 32.8 Å². The van der Waals surface area contributed by atoms with Crippen LogP contribution >= 0.6 is 0 Å². The maximum absolute atomic E-state index is 5.94. The predicted octanol–water partition coefficient (Wildman–Crippen LogP) is 3.05. The van der Waals surface area contributed by atoms with Crippen molar-refractivity contribution in [2.24, 2.45) is 0 Å². The SMILES string of the molecule is C[Si](C)(C)CCOCn1ccc2c(-c3cnn([C]4CC(N5CCNCC5)C4)c3)ncnc21. The molecule has 3 aromatic rings. The van der Waals surface area contributed by atoms with E-state index in [0.717, 1.165) is 67.9 Å². The van der Waals surface area contributed by atoms with Crippen molar-refractivity contribution in [1.82, 2.24) is 34.5 Å². The molecule has 0 spiro atoms. The number of ether oxygens (including phenoxy) is 1. The molecular formula is C23H34N7OSi. The van der Waals surface area contributed by atoms with E-state index in [1.54, 1.807) is 6.33 Å². The lowest BCUT2D eigenvalue weighted by molar-refractivity contribution is 0.0899. The summed E-state index contributed by atoms with van der Waals surface area (Å²) in [6, 6.07) is 5.31. The van der Waals surface area contributed by atoms with E-state index in [-0.39, 0.29) is 0 Å². The summed E-state index contributed by atoms with van der Waals surface area (Å²) in [6.07, 6.45) is 9.93. The lowest BCUT2D eigenvalue weighted by Gasteiger charge is -2.43. The van der Waals surface area contributed by atoms with E-state index in [4.69, 9.17) is 4.74 Å². The van der Waals surface area contributed by atoms with Crippen LogP contribution in [-0.4, -0.2) is 76.1 Å². The average molecular weight is 453 g/mol. The summed E-state index contributed by atoms with van der Waals surface area (Å²) in [5.74, 6) is 0. The summed E-state index contributed by atoms with van der Waals surface area (Å²) in [4.78, 5) is 11.7. The molecule has 0 atom stereocenters. The molecule has 4 heterocycles. The average Bonchev–Trinajstić information content (AvgIpc) is 3.38. The number of piperazine rings is 1. The summed E-state index contributed by atoms with van der Waals surface area (Å²) in [5.41, 5.74) is 2.87. The van der Waals surface area contributed by atoms with Crippen LogP contribution < -0.4 is 5.32 Å². The molecule has 1 aliphatic heterocycles. The van der Waals surface area contributed by atoms with Crippen LogP contribution in [0.5, 0.6) is 0 Å². The van der Waals surface area contributed by atoms with Gasteiger partial charge in [0.25, 0.3) is 0 Å². The predicted molar refractivity (Wildman–Crippen MR) is 129 cm³/mol. The first kappa shape index (κ1) is 21.8. The van der Waals surface area contributed by atoms with Gasteiger partial charge in [-0.25, -0.2) is 9.97 Å². The van der Waals surface area contributed by atoms with Crippen LogP contribution in [0.4, 0.5) is 0 Å². The summed E-state index contributed by atoms with van der Waals surface area (Å²) in [7, 11) is -1.08. The summed E-state index contributed by atoms with van der Waals surface area (Å²) >= 11 is 0. The van der Waals surface area contributed by atoms with Crippen molar-refractivity contribution in [1.29, 1.82) is 0 Å². The zero-order chi connectivity index (χ0) is 22.1. The fourth-order valence-corrected chi connectivity index (χ4v) is 5.23. The number of hydrogen-bond donors (Lipinski definition) is 1. The van der Waals surface area contributed by atoms with Crippen LogP contribution in [0, 0.1) is 6.04 Å². The van der Waals surface area contributed by atoms with Crippen LogP contribution in [0.3, 0.4) is 0 Å². The smallest absolute Gasteiger partial charge is 0.145 e. The maximum Gasteiger partial charge on any atom is 0.145 e. The Bertz CT molecular complexity index is 1040. The molecule has 8 nitrogen and oxygen atoms in total. The van der Waals surface area contributed by atoms with Crippen LogP contribution in [0.1, 0.15) is 12.8 Å². The van der Waals surface area contributed by atoms with Gasteiger partial charge in [-0.3, -0.25) is 9.58 Å². The minimum absolute atomic E-state index is 0.523. The lowest BCUT2D eigenvalue weighted by Crippen LogP contribution is -2.53. The van der Waals surface area contributed by atoms with Crippen molar-refractivity contribution in [3.8, 4) is 11.3 Å². The van der Waals surface area contributed by atoms with E-state index in [0.29, 0.717) is 12.8 Å². The Morgan fingerprint density at radius 1 is 1.16 bits per heavy atom. The molecule has 32 heavy (non-hydrogen) atoms. The minimum atomic E-state index is -1.08. The molecular weight excluding hydrogens is 418 g/mol. The summed E-state index contributed by atoms with van der Waals surface area (Å²) in [6.45, 7) is 12.9. The molecule has 3 aromatic heterocycles. The van der Waals surface area contributed by atoms with Gasteiger partial charge in [0.05, 0.1) is 17.9 Å². The number of fused-ring (bicyclic) bond motifs is 1. The monoisotopic (exact) mass is 452 g/mol. The Balaban J connectivity index is 1.25. The molecule has 0 bridgehead atoms. The van der Waals surface area contributed by atoms with Crippen molar-refractivity contribution in [2.45, 2.75) is 51.3 Å². The third-order valence-corrected chi connectivity index (χ3v) is 8.28. The first-order valence-corrected chi connectivity index (χ1v) is 15.4. The molecule has 1 aliphatic carbocycles. The van der Waals surface area contributed by atoms with Crippen molar-refractivity contribution in [3.63, 3.8) is 0 Å². The summed E-state index contributed by atoms with van der Waals surface area (Å²) < 4.78 is 10.1. The first-order valence-electron chi connectivity index (χ1n) is 11.7. The summed E-state index contributed by atoms with van der Waals surface area (Å²) in [5, 5.41) is 9.12. The van der Waals surface area contributed by atoms with E-state index in [2.05, 4.69) is 66.4 Å². The zero-order valence-electron chi connectivity index (χ0n) is 19.4. The first-order chi connectivity index (χ1) is 15.5. The van der Waals surface area contributed by atoms with Gasteiger partial charge in [0, 0.05) is 70.2 Å². The zero-order valence-corrected chi connectivity index (χ0v) is 20.4. The van der Waals surface area contributed by atoms with E-state index in [9.17, 15) is 0 Å². The standard InChI is InChI=1S/C23H34N7OSi/c1-32(2,3)11-10-31-17-29-7-4-21-22(25-16-26-23(21)29)18-14-27-30(15-18)20-12-19(13-20)28-8-5-24-6-9-28/h4,7,14-16,19,24H,5-6,8-13,17H2,1-3H3. The Morgan fingerprint density at radius 2 is 1.97 bits per heavy atom. The molecule has 1 radical (unpaired) electrons. The highest BCUT2D eigenvalue weighted by Gasteiger charge is 2.36. The molecule has 0 unspecified atom stereocenters. The fourth-order valence-electron chi connectivity index (χ4n) is 4.47. The number of rotatable bonds is 8. The second kappa shape index (κ2) is 9.05. The quantitative estimate of drug-likeness (QED) is 0.418. The van der Waals surface area contributed by atoms with Crippen molar-refractivity contribution in [3.05, 3.63) is 37.0 Å². The number of nitrogens with zero attached hydrogens (tertiary/aromatic N) is 6. The normalized spacial score (nSPS) is 19.0. The molecule has 1 saturated heterocycles. The third-order valence-electron chi connectivity index (χ3n) is 6.57. The van der Waals surface area contributed by atoms with Gasteiger partial charge in [0.2, 0.25) is 0 Å². The molecule has 171 valence electrons. The highest BCUT2D eigenvalue weighted by Crippen LogP contribution is 2.36. The maximum atomic E-state index is 5.94. The Kier molecular flexibility index (Phi) is 6.15. The van der Waals surface area contributed by atoms with Crippen molar-refractivity contribution < 1.29 is 4.74 Å². The Hall–Kier alpha value is -2.07. The number of hydrogen-bond acceptors (Lipinski definition) is 6. The van der Waals surface area contributed by atoms with E-state index < -0.39 is 8.07 Å². The molecule has 5 rings (SSSR count). The van der Waals surface area contributed by atoms with E-state index >= 15 is 0 Å². The largest absolute Gasteiger partial charge is 0.361 e. The molecule has 0 aromatic carbocycles. The Labute approximate surface area is 191 Å². The molecule has 0 amide bonds.